The van der Waals surface area contributed by atoms with Gasteiger partial charge in [-0.15, -0.1) is 46.2 Å². The number of carbonyl (C=O) groups is 6. The molecule has 23 heteroatoms. The monoisotopic (exact) mass is 776 g/mol. The molecule has 6 heterocycles. The molecule has 2 aromatic heterocycles. The molecule has 5 amide bonds. The fourth-order valence-corrected chi connectivity index (χ4v) is 9.40. The number of hydrogen-bond acceptors (Lipinski definition) is 17. The number of carboxylic acids is 1. The Morgan fingerprint density at radius 1 is 0.843 bits per heavy atom. The number of nitrogens with one attached hydrogen (secondary N) is 3. The Kier molecular flexibility index (Phi) is 10.1. The van der Waals surface area contributed by atoms with Gasteiger partial charge in [-0.25, -0.2) is 14.8 Å². The number of carboxylic acid groups (broad SMARTS) is 1. The van der Waals surface area contributed by atoms with Crippen molar-refractivity contribution in [1.29, 1.82) is 0 Å². The van der Waals surface area contributed by atoms with Crippen LogP contribution in [0, 0.1) is 0 Å². The molecule has 4 atom stereocenters. The van der Waals surface area contributed by atoms with E-state index in [0.29, 0.717) is 22.7 Å². The molecule has 0 spiro atoms. The van der Waals surface area contributed by atoms with Gasteiger partial charge >= 0.3 is 5.97 Å². The second-order valence-electron chi connectivity index (χ2n) is 11.1. The van der Waals surface area contributed by atoms with Crippen molar-refractivity contribution in [2.24, 2.45) is 10.3 Å². The molecule has 0 saturated carbocycles. The van der Waals surface area contributed by atoms with Gasteiger partial charge in [-0.1, -0.05) is 10.3 Å². The van der Waals surface area contributed by atoms with Gasteiger partial charge in [-0.05, 0) is 25.0 Å². The summed E-state index contributed by atoms with van der Waals surface area (Å²) in [4.78, 5) is 98.3. The zero-order valence-corrected chi connectivity index (χ0v) is 30.3. The summed E-state index contributed by atoms with van der Waals surface area (Å²) in [5.74, 6) is -3.72. The molecular formula is C28H28N10O9S4. The Labute approximate surface area is 304 Å². The van der Waals surface area contributed by atoms with Gasteiger partial charge in [-0.3, -0.25) is 39.1 Å². The lowest BCUT2D eigenvalue weighted by Gasteiger charge is -2.49. The molecule has 2 fully saturated rings. The Balaban J connectivity index is 1.11. The fraction of sp³-hybridized carbons (Fsp3) is 0.357. The molecule has 0 unspecified atom stereocenters. The first kappa shape index (κ1) is 35.8. The minimum Gasteiger partial charge on any atom is -0.477 e. The summed E-state index contributed by atoms with van der Waals surface area (Å²) in [5.41, 5.74) is 6.59. The smallest absolute Gasteiger partial charge is 0.352 e. The number of thioether (sulfide) groups is 2. The second-order valence-corrected chi connectivity index (χ2v) is 15.1. The number of anilines is 2. The summed E-state index contributed by atoms with van der Waals surface area (Å²) in [7, 11) is 2.48. The number of hydrogen-bond donors (Lipinski definition) is 5. The van der Waals surface area contributed by atoms with Crippen molar-refractivity contribution < 1.29 is 43.5 Å². The van der Waals surface area contributed by atoms with Crippen LogP contribution < -0.4 is 21.7 Å². The van der Waals surface area contributed by atoms with Crippen LogP contribution >= 0.6 is 46.2 Å². The maximum Gasteiger partial charge on any atom is 0.352 e. The number of aliphatic carboxylic acids is 1. The highest BCUT2D eigenvalue weighted by Crippen LogP contribution is 2.41. The zero-order valence-electron chi connectivity index (χ0n) is 27.0. The highest BCUT2D eigenvalue weighted by atomic mass is 32.2. The summed E-state index contributed by atoms with van der Waals surface area (Å²) < 4.78 is 0. The van der Waals surface area contributed by atoms with Crippen molar-refractivity contribution in [1.82, 2.24) is 30.4 Å². The lowest BCUT2D eigenvalue weighted by Crippen LogP contribution is -2.71. The third-order valence-electron chi connectivity index (χ3n) is 7.84. The number of nitrogen functional groups attached to an aromatic ring is 1. The van der Waals surface area contributed by atoms with E-state index in [2.05, 4.69) is 36.2 Å². The molecule has 4 aliphatic rings. The number of nitrogens with two attached hydrogens (primary N) is 1. The molecule has 2 aromatic rings. The Hall–Kier alpha value is -5.00. The quantitative estimate of drug-likeness (QED) is 0.114. The molecule has 4 aliphatic heterocycles. The van der Waals surface area contributed by atoms with Crippen molar-refractivity contribution in [2.45, 2.75) is 36.7 Å². The molecule has 51 heavy (non-hydrogen) atoms. The van der Waals surface area contributed by atoms with E-state index in [0.717, 1.165) is 27.6 Å². The van der Waals surface area contributed by atoms with Crippen LogP contribution in [0.25, 0.3) is 0 Å². The van der Waals surface area contributed by atoms with Crippen LogP contribution in [-0.2, 0) is 38.4 Å². The third kappa shape index (κ3) is 6.52. The van der Waals surface area contributed by atoms with Crippen LogP contribution in [0.15, 0.2) is 43.6 Å². The van der Waals surface area contributed by atoms with Crippen LogP contribution in [0.2, 0.25) is 0 Å². The van der Waals surface area contributed by atoms with E-state index >= 15 is 0 Å². The lowest BCUT2D eigenvalue weighted by atomic mass is 10.0. The highest BCUT2D eigenvalue weighted by molar-refractivity contribution is 8.00. The average molecular weight is 777 g/mol. The van der Waals surface area contributed by atoms with Crippen molar-refractivity contribution in [3.05, 3.63) is 44.7 Å². The number of oxime groups is 2. The summed E-state index contributed by atoms with van der Waals surface area (Å²) in [5, 5.41) is 27.0. The molecule has 6 N–H and O–H groups in total. The Morgan fingerprint density at radius 2 is 1.33 bits per heavy atom. The molecule has 0 bridgehead atoms. The number of aromatic nitrogens is 2. The largest absolute Gasteiger partial charge is 0.477 e. The molecule has 6 rings (SSSR count). The minimum atomic E-state index is -1.23. The molecule has 0 radical (unpaired) electrons. The maximum atomic E-state index is 13.5. The molecule has 0 aromatic carbocycles. The fourth-order valence-electron chi connectivity index (χ4n) is 5.57. The summed E-state index contributed by atoms with van der Waals surface area (Å²) in [6.07, 6.45) is 0. The number of amides is 5. The van der Waals surface area contributed by atoms with Crippen molar-refractivity contribution >= 4 is 103 Å². The Bertz CT molecular complexity index is 1990. The van der Waals surface area contributed by atoms with Crippen molar-refractivity contribution in [3.63, 3.8) is 0 Å². The summed E-state index contributed by atoms with van der Waals surface area (Å²) >= 11 is 4.76. The van der Waals surface area contributed by atoms with Gasteiger partial charge in [0.15, 0.2) is 21.7 Å². The van der Waals surface area contributed by atoms with Gasteiger partial charge in [-0.2, -0.15) is 0 Å². The highest BCUT2D eigenvalue weighted by Gasteiger charge is 2.55. The average Bonchev–Trinajstić information content (AvgIpc) is 3.75. The predicted molar refractivity (Wildman–Crippen MR) is 187 cm³/mol. The molecule has 2 saturated heterocycles. The summed E-state index contributed by atoms with van der Waals surface area (Å²) in [6.45, 7) is 3.34. The number of thiazole rings is 2. The van der Waals surface area contributed by atoms with E-state index in [1.807, 2.05) is 0 Å². The Morgan fingerprint density at radius 3 is 1.82 bits per heavy atom. The number of fused-ring (bicyclic) bond motifs is 2. The number of nitrogens with zero attached hydrogens (tertiary/aromatic N) is 6. The summed E-state index contributed by atoms with van der Waals surface area (Å²) in [6, 6.07) is -1.98. The first-order valence-corrected chi connectivity index (χ1v) is 18.6. The van der Waals surface area contributed by atoms with Gasteiger partial charge in [0.05, 0.1) is 0 Å². The first-order valence-electron chi connectivity index (χ1n) is 14.7. The van der Waals surface area contributed by atoms with Crippen LogP contribution in [-0.4, -0.2) is 120 Å². The van der Waals surface area contributed by atoms with Crippen molar-refractivity contribution in [2.75, 3.05) is 36.8 Å². The number of carbonyl (C=O) groups excluding carboxylic acids is 5. The van der Waals surface area contributed by atoms with Gasteiger partial charge in [0.1, 0.15) is 59.8 Å². The first-order chi connectivity index (χ1) is 24.4. The van der Waals surface area contributed by atoms with E-state index in [1.165, 1.54) is 53.4 Å². The predicted octanol–water partition coefficient (Wildman–Crippen LogP) is -0.0461. The lowest BCUT2D eigenvalue weighted by molar-refractivity contribution is -0.150. The number of β-lactam (4-membered cyclic amide) rings is 2. The molecular weight excluding hydrogens is 749 g/mol. The van der Waals surface area contributed by atoms with Crippen LogP contribution in [0.4, 0.5) is 10.3 Å². The van der Waals surface area contributed by atoms with Crippen molar-refractivity contribution in [3.8, 4) is 0 Å². The van der Waals surface area contributed by atoms with Crippen LogP contribution in [0.1, 0.15) is 25.2 Å². The molecule has 19 nitrogen and oxygen atoms in total. The van der Waals surface area contributed by atoms with E-state index in [1.54, 1.807) is 13.8 Å². The van der Waals surface area contributed by atoms with Crippen LogP contribution in [0.3, 0.4) is 0 Å². The second kappa shape index (κ2) is 14.3. The van der Waals surface area contributed by atoms with E-state index < -0.39 is 58.3 Å². The van der Waals surface area contributed by atoms with E-state index in [-0.39, 0.29) is 44.5 Å². The standard InChI is InChI=1S/C28H28N10O9S4/c1-9-5-48-24-15(32-19(39)13(35-46-3)11-7-50-27(29)30-11)22(42)37(24)17(9)21(41)34-28-31-12(8-51-28)14(36-47-4)20(40)33-16-23(43)38-18(26(44)45)10(2)6-49-25(16)38/h7-8,15-16,24-25H,5-6H2,1-4H3,(H2,29,30)(H,32,39)(H,33,40)(H,44,45)(H,31,34,41)/b35-13-,36-14-/t15-,16-,24-,25-/m1/s1. The van der Waals surface area contributed by atoms with Gasteiger partial charge in [0.2, 0.25) is 0 Å². The third-order valence-corrected chi connectivity index (χ3v) is 12.1. The maximum absolute atomic E-state index is 13.5. The van der Waals surface area contributed by atoms with E-state index in [9.17, 15) is 33.9 Å². The molecule has 268 valence electrons. The SMILES string of the molecule is CO/N=C(\C(=O)N[C@@H]1C(=O)N2C(C(=O)O)=C(C)CS[C@H]12)c1csc(NC(=O)C2=C(C)CS[C@@H]3[C@H](NC(=O)/C(=N\OC)c4csc(N)n4)C(=O)N23)n1. The number of rotatable bonds is 11. The van der Waals surface area contributed by atoms with E-state index in [4.69, 9.17) is 15.4 Å². The minimum absolute atomic E-state index is 0.0255. The van der Waals surface area contributed by atoms with Gasteiger partial charge in [0, 0.05) is 22.3 Å². The molecule has 0 aliphatic carbocycles. The van der Waals surface area contributed by atoms with Gasteiger partial charge in [0.25, 0.3) is 29.5 Å². The normalized spacial score (nSPS) is 23.1. The topological polar surface area (TPSA) is 260 Å². The zero-order chi connectivity index (χ0) is 36.7. The van der Waals surface area contributed by atoms with Gasteiger partial charge < -0.3 is 31.1 Å². The van der Waals surface area contributed by atoms with Crippen LogP contribution in [0.5, 0.6) is 0 Å².